The number of nitrogens with one attached hydrogen (secondary N) is 1. The van der Waals surface area contributed by atoms with Gasteiger partial charge in [0.25, 0.3) is 5.91 Å². The third-order valence-corrected chi connectivity index (χ3v) is 2.44. The Morgan fingerprint density at radius 2 is 1.83 bits per heavy atom. The maximum Gasteiger partial charge on any atom is 0.426 e. The summed E-state index contributed by atoms with van der Waals surface area (Å²) in [5.41, 5.74) is -2.56. The highest BCUT2D eigenvalue weighted by Crippen LogP contribution is 2.34. The topological polar surface area (TPSA) is 38.3 Å². The van der Waals surface area contributed by atoms with E-state index in [0.717, 1.165) is 6.92 Å². The number of carbonyl (C=O) groups is 1. The monoisotopic (exact) mass is 261 g/mol. The molecular weight excluding hydrogens is 247 g/mol. The number of hydrogen-bond donors (Lipinski definition) is 1. The van der Waals surface area contributed by atoms with Crippen LogP contribution in [-0.2, 0) is 9.53 Å². The van der Waals surface area contributed by atoms with E-state index in [1.165, 1.54) is 19.1 Å². The van der Waals surface area contributed by atoms with Crippen LogP contribution >= 0.6 is 0 Å². The lowest BCUT2D eigenvalue weighted by Gasteiger charge is -2.30. The van der Waals surface area contributed by atoms with E-state index in [1.807, 2.05) is 0 Å². The first kappa shape index (κ1) is 14.5. The highest BCUT2D eigenvalue weighted by Gasteiger charge is 2.58. The van der Waals surface area contributed by atoms with Gasteiger partial charge in [-0.05, 0) is 26.0 Å². The van der Waals surface area contributed by atoms with Gasteiger partial charge in [-0.25, -0.2) is 0 Å². The van der Waals surface area contributed by atoms with Crippen molar-refractivity contribution in [2.75, 3.05) is 11.9 Å². The molecule has 0 aromatic heterocycles. The Morgan fingerprint density at radius 1 is 1.28 bits per heavy atom. The molecule has 0 saturated carbocycles. The molecule has 0 heterocycles. The number of anilines is 1. The standard InChI is InChI=1S/C12H14F3NO2/c1-3-18-11(2,12(13,14)15)10(17)16-9-7-5-4-6-8-9/h4-8H,3H2,1-2H3,(H,16,17). The van der Waals surface area contributed by atoms with Gasteiger partial charge >= 0.3 is 6.18 Å². The van der Waals surface area contributed by atoms with Gasteiger partial charge in [0.05, 0.1) is 0 Å². The fourth-order valence-corrected chi connectivity index (χ4v) is 1.34. The predicted octanol–water partition coefficient (Wildman–Crippen LogP) is 2.98. The van der Waals surface area contributed by atoms with Crippen LogP contribution in [0.4, 0.5) is 18.9 Å². The first-order chi connectivity index (χ1) is 8.31. The summed E-state index contributed by atoms with van der Waals surface area (Å²) in [7, 11) is 0. The summed E-state index contributed by atoms with van der Waals surface area (Å²) in [6.45, 7) is 1.91. The normalized spacial score (nSPS) is 14.9. The van der Waals surface area contributed by atoms with Crippen molar-refractivity contribution >= 4 is 11.6 Å². The third kappa shape index (κ3) is 3.01. The van der Waals surface area contributed by atoms with E-state index >= 15 is 0 Å². The van der Waals surface area contributed by atoms with Crippen molar-refractivity contribution in [1.29, 1.82) is 0 Å². The van der Waals surface area contributed by atoms with Crippen LogP contribution in [0.2, 0.25) is 0 Å². The van der Waals surface area contributed by atoms with E-state index in [2.05, 4.69) is 10.1 Å². The molecule has 1 atom stereocenters. The SMILES string of the molecule is CCOC(C)(C(=O)Nc1ccccc1)C(F)(F)F. The van der Waals surface area contributed by atoms with Crippen LogP contribution in [0.5, 0.6) is 0 Å². The highest BCUT2D eigenvalue weighted by molar-refractivity contribution is 5.97. The van der Waals surface area contributed by atoms with Crippen LogP contribution in [-0.4, -0.2) is 24.3 Å². The molecule has 0 bridgehead atoms. The van der Waals surface area contributed by atoms with Gasteiger partial charge in [0.2, 0.25) is 5.60 Å². The summed E-state index contributed by atoms with van der Waals surface area (Å²) < 4.78 is 43.2. The fraction of sp³-hybridized carbons (Fsp3) is 0.417. The van der Waals surface area contributed by atoms with Crippen LogP contribution in [0.25, 0.3) is 0 Å². The van der Waals surface area contributed by atoms with Gasteiger partial charge in [-0.2, -0.15) is 13.2 Å². The Morgan fingerprint density at radius 3 is 2.28 bits per heavy atom. The Hall–Kier alpha value is -1.56. The van der Waals surface area contributed by atoms with Crippen molar-refractivity contribution in [3.8, 4) is 0 Å². The number of ether oxygens (including phenoxy) is 1. The highest BCUT2D eigenvalue weighted by atomic mass is 19.4. The quantitative estimate of drug-likeness (QED) is 0.904. The molecule has 1 aromatic carbocycles. The Bertz CT molecular complexity index is 406. The molecule has 0 spiro atoms. The Kier molecular flexibility index (Phi) is 4.34. The Labute approximate surface area is 103 Å². The first-order valence-electron chi connectivity index (χ1n) is 5.38. The number of alkyl halides is 3. The lowest BCUT2D eigenvalue weighted by atomic mass is 10.1. The molecule has 0 aliphatic rings. The van der Waals surface area contributed by atoms with Crippen LogP contribution in [0.3, 0.4) is 0 Å². The molecule has 1 unspecified atom stereocenters. The van der Waals surface area contributed by atoms with Crippen LogP contribution in [0.15, 0.2) is 30.3 Å². The van der Waals surface area contributed by atoms with Gasteiger partial charge in [-0.15, -0.1) is 0 Å². The van der Waals surface area contributed by atoms with Gasteiger partial charge in [-0.3, -0.25) is 4.79 Å². The number of benzene rings is 1. The number of para-hydroxylation sites is 1. The maximum atomic E-state index is 12.9. The molecule has 0 saturated heterocycles. The second kappa shape index (κ2) is 5.39. The summed E-state index contributed by atoms with van der Waals surface area (Å²) in [5.74, 6) is -1.23. The molecule has 18 heavy (non-hydrogen) atoms. The first-order valence-corrected chi connectivity index (χ1v) is 5.38. The van der Waals surface area contributed by atoms with Crippen molar-refractivity contribution in [3.63, 3.8) is 0 Å². The van der Waals surface area contributed by atoms with Gasteiger partial charge < -0.3 is 10.1 Å². The van der Waals surface area contributed by atoms with E-state index in [9.17, 15) is 18.0 Å². The summed E-state index contributed by atoms with van der Waals surface area (Å²) in [6.07, 6.45) is -4.78. The van der Waals surface area contributed by atoms with Crippen LogP contribution < -0.4 is 5.32 Å². The Balaban J connectivity index is 2.91. The van der Waals surface area contributed by atoms with E-state index in [4.69, 9.17) is 0 Å². The number of hydrogen-bond acceptors (Lipinski definition) is 2. The molecular formula is C12H14F3NO2. The second-order valence-corrected chi connectivity index (χ2v) is 3.78. The summed E-state index contributed by atoms with van der Waals surface area (Å²) in [6, 6.07) is 7.92. The number of rotatable bonds is 4. The van der Waals surface area contributed by atoms with Crippen molar-refractivity contribution in [2.45, 2.75) is 25.6 Å². The van der Waals surface area contributed by atoms with Crippen molar-refractivity contribution < 1.29 is 22.7 Å². The fourth-order valence-electron chi connectivity index (χ4n) is 1.34. The number of halogens is 3. The van der Waals surface area contributed by atoms with Gasteiger partial charge in [0, 0.05) is 12.3 Å². The molecule has 0 radical (unpaired) electrons. The molecule has 0 aliphatic heterocycles. The zero-order valence-corrected chi connectivity index (χ0v) is 10.0. The van der Waals surface area contributed by atoms with Crippen LogP contribution in [0.1, 0.15) is 13.8 Å². The average Bonchev–Trinajstić information content (AvgIpc) is 2.29. The third-order valence-electron chi connectivity index (χ3n) is 2.44. The molecule has 3 nitrogen and oxygen atoms in total. The molecule has 100 valence electrons. The van der Waals surface area contributed by atoms with E-state index in [0.29, 0.717) is 0 Å². The average molecular weight is 261 g/mol. The maximum absolute atomic E-state index is 12.9. The molecule has 0 aliphatic carbocycles. The summed E-state index contributed by atoms with van der Waals surface area (Å²) in [4.78, 5) is 11.7. The minimum Gasteiger partial charge on any atom is -0.358 e. The lowest BCUT2D eigenvalue weighted by molar-refractivity contribution is -0.257. The van der Waals surface area contributed by atoms with Gasteiger partial charge in [0.15, 0.2) is 0 Å². The number of carbonyl (C=O) groups excluding carboxylic acids is 1. The van der Waals surface area contributed by atoms with Gasteiger partial charge in [0.1, 0.15) is 0 Å². The van der Waals surface area contributed by atoms with Crippen LogP contribution in [0, 0.1) is 0 Å². The minimum atomic E-state index is -4.78. The molecule has 1 aromatic rings. The van der Waals surface area contributed by atoms with E-state index < -0.39 is 17.7 Å². The largest absolute Gasteiger partial charge is 0.426 e. The predicted molar refractivity (Wildman–Crippen MR) is 61.2 cm³/mol. The molecule has 0 fully saturated rings. The van der Waals surface area contributed by atoms with Gasteiger partial charge in [-0.1, -0.05) is 18.2 Å². The van der Waals surface area contributed by atoms with Crippen molar-refractivity contribution in [3.05, 3.63) is 30.3 Å². The van der Waals surface area contributed by atoms with E-state index in [1.54, 1.807) is 18.2 Å². The minimum absolute atomic E-state index is 0.210. The zero-order chi connectivity index (χ0) is 13.8. The van der Waals surface area contributed by atoms with E-state index in [-0.39, 0.29) is 12.3 Å². The molecule has 1 N–H and O–H groups in total. The lowest BCUT2D eigenvalue weighted by Crippen LogP contribution is -2.54. The summed E-state index contributed by atoms with van der Waals surface area (Å²) >= 11 is 0. The van der Waals surface area contributed by atoms with Crippen molar-refractivity contribution in [1.82, 2.24) is 0 Å². The summed E-state index contributed by atoms with van der Waals surface area (Å²) in [5, 5.41) is 2.19. The molecule has 1 amide bonds. The molecule has 1 rings (SSSR count). The van der Waals surface area contributed by atoms with Crippen molar-refractivity contribution in [2.24, 2.45) is 0 Å². The molecule has 6 heteroatoms. The number of amides is 1. The smallest absolute Gasteiger partial charge is 0.358 e. The second-order valence-electron chi connectivity index (χ2n) is 3.78. The zero-order valence-electron chi connectivity index (χ0n) is 10.0.